The summed E-state index contributed by atoms with van der Waals surface area (Å²) >= 11 is 0. The third-order valence-corrected chi connectivity index (χ3v) is 5.90. The Morgan fingerprint density at radius 2 is 2.00 bits per heavy atom. The van der Waals surface area contributed by atoms with E-state index in [-0.39, 0.29) is 0 Å². The molecule has 1 saturated heterocycles. The number of likely N-dealkylation sites (N-methyl/N-ethyl adjacent to an activating group) is 1. The first kappa shape index (κ1) is 17.3. The zero-order chi connectivity index (χ0) is 17.0. The van der Waals surface area contributed by atoms with E-state index in [0.717, 1.165) is 25.5 Å². The van der Waals surface area contributed by atoms with E-state index in [1.165, 1.54) is 37.8 Å². The van der Waals surface area contributed by atoms with Crippen LogP contribution in [0, 0.1) is 5.41 Å². The Bertz CT molecular complexity index is 548. The molecule has 1 unspecified atom stereocenters. The molecule has 24 heavy (non-hydrogen) atoms. The van der Waals surface area contributed by atoms with Gasteiger partial charge in [-0.2, -0.15) is 0 Å². The second kappa shape index (κ2) is 7.56. The van der Waals surface area contributed by atoms with E-state index in [9.17, 15) is 0 Å². The summed E-state index contributed by atoms with van der Waals surface area (Å²) in [7, 11) is 6.24. The number of guanidine groups is 1. The predicted molar refractivity (Wildman–Crippen MR) is 101 cm³/mol. The number of hydrogen-bond donors (Lipinski definition) is 1. The third kappa shape index (κ3) is 3.92. The molecule has 1 N–H and O–H groups in total. The number of nitrogens with zero attached hydrogens (tertiary/aromatic N) is 3. The summed E-state index contributed by atoms with van der Waals surface area (Å²) in [6.45, 7) is 3.28. The molecule has 0 bridgehead atoms. The number of rotatable bonds is 5. The van der Waals surface area contributed by atoms with Gasteiger partial charge in [-0.05, 0) is 50.8 Å². The van der Waals surface area contributed by atoms with E-state index in [1.807, 2.05) is 7.05 Å². The van der Waals surface area contributed by atoms with Gasteiger partial charge in [-0.1, -0.05) is 36.8 Å². The normalized spacial score (nSPS) is 21.2. The summed E-state index contributed by atoms with van der Waals surface area (Å²) in [5, 5.41) is 3.63. The Labute approximate surface area is 146 Å². The van der Waals surface area contributed by atoms with Crippen LogP contribution < -0.4 is 5.32 Å². The molecule has 0 radical (unpaired) electrons. The van der Waals surface area contributed by atoms with Crippen molar-refractivity contribution in [1.29, 1.82) is 0 Å². The van der Waals surface area contributed by atoms with Crippen LogP contribution in [0.2, 0.25) is 0 Å². The fourth-order valence-electron chi connectivity index (χ4n) is 4.07. The molecule has 1 aromatic carbocycles. The van der Waals surface area contributed by atoms with Crippen LogP contribution in [-0.2, 0) is 6.42 Å². The maximum absolute atomic E-state index is 4.55. The summed E-state index contributed by atoms with van der Waals surface area (Å²) in [4.78, 5) is 9.32. The summed E-state index contributed by atoms with van der Waals surface area (Å²) < 4.78 is 0. The zero-order valence-corrected chi connectivity index (χ0v) is 15.5. The molecule has 0 aromatic heterocycles. The maximum Gasteiger partial charge on any atom is 0.193 e. The van der Waals surface area contributed by atoms with Crippen molar-refractivity contribution in [2.75, 3.05) is 40.8 Å². The van der Waals surface area contributed by atoms with Crippen molar-refractivity contribution in [3.8, 4) is 0 Å². The van der Waals surface area contributed by atoms with E-state index in [2.05, 4.69) is 64.5 Å². The molecule has 1 atom stereocenters. The SMILES string of the molecule is CN=C(NCC(Cc1ccccc1)N(C)C)N1CCC2(CCC2)C1. The lowest BCUT2D eigenvalue weighted by Crippen LogP contribution is -2.47. The van der Waals surface area contributed by atoms with Crippen molar-refractivity contribution in [3.63, 3.8) is 0 Å². The van der Waals surface area contributed by atoms with E-state index in [1.54, 1.807) is 0 Å². The zero-order valence-electron chi connectivity index (χ0n) is 15.5. The van der Waals surface area contributed by atoms with E-state index in [0.29, 0.717) is 11.5 Å². The van der Waals surface area contributed by atoms with Crippen LogP contribution in [-0.4, -0.2) is 62.6 Å². The predicted octanol–water partition coefficient (Wildman–Crippen LogP) is 2.61. The average Bonchev–Trinajstić information content (AvgIpc) is 3.01. The van der Waals surface area contributed by atoms with Gasteiger partial charge in [-0.25, -0.2) is 0 Å². The van der Waals surface area contributed by atoms with Crippen LogP contribution in [0.25, 0.3) is 0 Å². The van der Waals surface area contributed by atoms with E-state index >= 15 is 0 Å². The van der Waals surface area contributed by atoms with Gasteiger partial charge in [0.25, 0.3) is 0 Å². The van der Waals surface area contributed by atoms with Crippen LogP contribution in [0.3, 0.4) is 0 Å². The molecule has 1 spiro atoms. The number of aliphatic imine (C=N–C) groups is 1. The Hall–Kier alpha value is -1.55. The van der Waals surface area contributed by atoms with E-state index < -0.39 is 0 Å². The maximum atomic E-state index is 4.55. The minimum absolute atomic E-state index is 0.462. The van der Waals surface area contributed by atoms with Gasteiger partial charge in [0, 0.05) is 32.7 Å². The van der Waals surface area contributed by atoms with Crippen molar-refractivity contribution in [2.24, 2.45) is 10.4 Å². The van der Waals surface area contributed by atoms with Crippen molar-refractivity contribution in [3.05, 3.63) is 35.9 Å². The Morgan fingerprint density at radius 1 is 1.25 bits per heavy atom. The summed E-state index contributed by atoms with van der Waals surface area (Å²) in [6, 6.07) is 11.2. The second-order valence-corrected chi connectivity index (χ2v) is 7.76. The van der Waals surface area contributed by atoms with E-state index in [4.69, 9.17) is 0 Å². The standard InChI is InChI=1S/C20H32N4/c1-21-19(24-13-12-20(16-24)10-7-11-20)22-15-18(23(2)3)14-17-8-5-4-6-9-17/h4-6,8-9,18H,7,10-16H2,1-3H3,(H,21,22). The van der Waals surface area contributed by atoms with Gasteiger partial charge < -0.3 is 15.1 Å². The molecule has 1 saturated carbocycles. The first-order chi connectivity index (χ1) is 11.6. The lowest BCUT2D eigenvalue weighted by atomic mass is 9.68. The Morgan fingerprint density at radius 3 is 2.54 bits per heavy atom. The lowest BCUT2D eigenvalue weighted by molar-refractivity contribution is 0.151. The van der Waals surface area contributed by atoms with Crippen molar-refractivity contribution in [1.82, 2.24) is 15.1 Å². The molecule has 3 rings (SSSR count). The smallest absolute Gasteiger partial charge is 0.193 e. The number of likely N-dealkylation sites (tertiary alicyclic amines) is 1. The van der Waals surface area contributed by atoms with Crippen LogP contribution >= 0.6 is 0 Å². The minimum atomic E-state index is 0.462. The molecule has 1 aromatic rings. The summed E-state index contributed by atoms with van der Waals surface area (Å²) in [5.74, 6) is 1.08. The number of nitrogens with one attached hydrogen (secondary N) is 1. The molecule has 1 aliphatic carbocycles. The monoisotopic (exact) mass is 328 g/mol. The van der Waals surface area contributed by atoms with Gasteiger partial charge in [-0.3, -0.25) is 4.99 Å². The highest BCUT2D eigenvalue weighted by Crippen LogP contribution is 2.47. The molecule has 4 heteroatoms. The molecule has 132 valence electrons. The van der Waals surface area contributed by atoms with Gasteiger partial charge in [0.05, 0.1) is 0 Å². The van der Waals surface area contributed by atoms with Crippen LogP contribution in [0.5, 0.6) is 0 Å². The lowest BCUT2D eigenvalue weighted by Gasteiger charge is -2.38. The molecular formula is C20H32N4. The molecule has 1 heterocycles. The van der Waals surface area contributed by atoms with Crippen molar-refractivity contribution < 1.29 is 0 Å². The largest absolute Gasteiger partial charge is 0.355 e. The molecule has 2 aliphatic rings. The average molecular weight is 329 g/mol. The molecule has 2 fully saturated rings. The van der Waals surface area contributed by atoms with Crippen LogP contribution in [0.15, 0.2) is 35.3 Å². The van der Waals surface area contributed by atoms with Crippen LogP contribution in [0.4, 0.5) is 0 Å². The quantitative estimate of drug-likeness (QED) is 0.666. The van der Waals surface area contributed by atoms with Gasteiger partial charge in [0.15, 0.2) is 5.96 Å². The third-order valence-electron chi connectivity index (χ3n) is 5.90. The van der Waals surface area contributed by atoms with Gasteiger partial charge in [0.2, 0.25) is 0 Å². The van der Waals surface area contributed by atoms with Gasteiger partial charge >= 0.3 is 0 Å². The first-order valence-electron chi connectivity index (χ1n) is 9.28. The Balaban J connectivity index is 1.55. The topological polar surface area (TPSA) is 30.9 Å². The fraction of sp³-hybridized carbons (Fsp3) is 0.650. The van der Waals surface area contributed by atoms with Gasteiger partial charge in [-0.15, -0.1) is 0 Å². The van der Waals surface area contributed by atoms with Crippen molar-refractivity contribution in [2.45, 2.75) is 38.1 Å². The number of hydrogen-bond acceptors (Lipinski definition) is 2. The summed E-state index contributed by atoms with van der Waals surface area (Å²) in [6.07, 6.45) is 6.64. The Kier molecular flexibility index (Phi) is 5.44. The minimum Gasteiger partial charge on any atom is -0.355 e. The van der Waals surface area contributed by atoms with Gasteiger partial charge in [0.1, 0.15) is 0 Å². The highest BCUT2D eigenvalue weighted by atomic mass is 15.3. The number of benzene rings is 1. The fourth-order valence-corrected chi connectivity index (χ4v) is 4.07. The molecule has 1 aliphatic heterocycles. The van der Waals surface area contributed by atoms with Crippen LogP contribution in [0.1, 0.15) is 31.2 Å². The highest BCUT2D eigenvalue weighted by molar-refractivity contribution is 5.80. The van der Waals surface area contributed by atoms with Crippen molar-refractivity contribution >= 4 is 5.96 Å². The first-order valence-corrected chi connectivity index (χ1v) is 9.28. The summed E-state index contributed by atoms with van der Waals surface area (Å²) in [5.41, 5.74) is 2.00. The molecular weight excluding hydrogens is 296 g/mol. The highest BCUT2D eigenvalue weighted by Gasteiger charge is 2.43. The molecule has 4 nitrogen and oxygen atoms in total. The second-order valence-electron chi connectivity index (χ2n) is 7.76. The molecule has 0 amide bonds.